The summed E-state index contributed by atoms with van der Waals surface area (Å²) in [6.07, 6.45) is 3.27. The maximum atomic E-state index is 12.4. The predicted molar refractivity (Wildman–Crippen MR) is 132 cm³/mol. The Morgan fingerprint density at radius 2 is 2.18 bits per heavy atom. The van der Waals surface area contributed by atoms with E-state index in [2.05, 4.69) is 27.4 Å². The molecule has 34 heavy (non-hydrogen) atoms. The van der Waals surface area contributed by atoms with E-state index in [9.17, 15) is 4.79 Å². The molecule has 1 unspecified atom stereocenters. The van der Waals surface area contributed by atoms with Crippen molar-refractivity contribution in [2.24, 2.45) is 5.92 Å². The number of nitrogen functional groups attached to an aromatic ring is 1. The van der Waals surface area contributed by atoms with E-state index >= 15 is 0 Å². The zero-order valence-electron chi connectivity index (χ0n) is 18.8. The topological polar surface area (TPSA) is 129 Å². The summed E-state index contributed by atoms with van der Waals surface area (Å²) in [5, 5.41) is 8.30. The van der Waals surface area contributed by atoms with E-state index in [-0.39, 0.29) is 12.3 Å². The summed E-state index contributed by atoms with van der Waals surface area (Å²) in [4.78, 5) is 28.2. The van der Waals surface area contributed by atoms with Gasteiger partial charge in [0.25, 0.3) is 0 Å². The van der Waals surface area contributed by atoms with E-state index < -0.39 is 0 Å². The Kier molecular flexibility index (Phi) is 6.38. The lowest BCUT2D eigenvalue weighted by Gasteiger charge is -2.17. The summed E-state index contributed by atoms with van der Waals surface area (Å²) >= 11 is 3.10. The number of thiophene rings is 1. The highest BCUT2D eigenvalue weighted by molar-refractivity contribution is 7.98. The van der Waals surface area contributed by atoms with Gasteiger partial charge in [-0.05, 0) is 42.9 Å². The van der Waals surface area contributed by atoms with Gasteiger partial charge in [-0.2, -0.15) is 4.98 Å². The fraction of sp³-hybridized carbons (Fsp3) is 0.348. The Balaban J connectivity index is 1.22. The summed E-state index contributed by atoms with van der Waals surface area (Å²) in [6, 6.07) is 7.19. The third-order valence-electron chi connectivity index (χ3n) is 5.70. The molecule has 0 saturated carbocycles. The van der Waals surface area contributed by atoms with Gasteiger partial charge in [-0.15, -0.1) is 11.3 Å². The van der Waals surface area contributed by atoms with Crippen LogP contribution in [0.1, 0.15) is 35.5 Å². The number of nitrogens with two attached hydrogens (primary N) is 1. The highest BCUT2D eigenvalue weighted by Crippen LogP contribution is 2.40. The van der Waals surface area contributed by atoms with Gasteiger partial charge in [-0.3, -0.25) is 4.79 Å². The first-order chi connectivity index (χ1) is 16.5. The quantitative estimate of drug-likeness (QED) is 0.285. The van der Waals surface area contributed by atoms with Gasteiger partial charge in [0.2, 0.25) is 11.8 Å². The normalized spacial score (nSPS) is 15.3. The number of para-hydroxylation sites is 2. The van der Waals surface area contributed by atoms with E-state index in [1.54, 1.807) is 30.6 Å². The van der Waals surface area contributed by atoms with Crippen molar-refractivity contribution in [3.63, 3.8) is 0 Å². The largest absolute Gasteiger partial charge is 0.495 e. The van der Waals surface area contributed by atoms with E-state index in [1.165, 1.54) is 28.6 Å². The second-order valence-electron chi connectivity index (χ2n) is 8.24. The van der Waals surface area contributed by atoms with Crippen LogP contribution in [0.15, 0.2) is 33.9 Å². The van der Waals surface area contributed by atoms with E-state index in [0.29, 0.717) is 45.8 Å². The van der Waals surface area contributed by atoms with Gasteiger partial charge in [-0.1, -0.05) is 36.0 Å². The highest BCUT2D eigenvalue weighted by Gasteiger charge is 2.23. The zero-order valence-corrected chi connectivity index (χ0v) is 20.5. The van der Waals surface area contributed by atoms with Crippen LogP contribution in [-0.2, 0) is 29.8 Å². The number of thioether (sulfide) groups is 1. The number of nitrogens with zero attached hydrogens (tertiary/aromatic N) is 4. The molecule has 9 nitrogen and oxygen atoms in total. The molecular formula is C23H24N6O3S2. The van der Waals surface area contributed by atoms with Crippen LogP contribution in [0.2, 0.25) is 0 Å². The SMILES string of the molecule is COc1ccccc1NC(=O)Cc1noc(CSc2nc(N)c3c4c(sc3n2)CC(C)CC4)n1. The molecule has 0 saturated heterocycles. The Morgan fingerprint density at radius 3 is 3.03 bits per heavy atom. The average molecular weight is 497 g/mol. The number of fused-ring (bicyclic) bond motifs is 3. The van der Waals surface area contributed by atoms with Gasteiger partial charge in [0.05, 0.1) is 30.4 Å². The number of benzene rings is 1. The van der Waals surface area contributed by atoms with Crippen LogP contribution in [0.25, 0.3) is 10.2 Å². The minimum absolute atomic E-state index is 0.0131. The molecule has 3 aromatic heterocycles. The van der Waals surface area contributed by atoms with Crippen molar-refractivity contribution in [3.8, 4) is 5.75 Å². The van der Waals surface area contributed by atoms with Crippen molar-refractivity contribution < 1.29 is 14.1 Å². The molecule has 0 aliphatic heterocycles. The first-order valence-electron chi connectivity index (χ1n) is 10.9. The number of amides is 1. The Hall–Kier alpha value is -3.18. The molecule has 3 N–H and O–H groups in total. The Morgan fingerprint density at radius 1 is 1.32 bits per heavy atom. The summed E-state index contributed by atoms with van der Waals surface area (Å²) in [6.45, 7) is 2.28. The number of hydrogen-bond acceptors (Lipinski definition) is 10. The minimum atomic E-state index is -0.262. The number of ether oxygens (including phenoxy) is 1. The Labute approximate surface area is 204 Å². The van der Waals surface area contributed by atoms with Crippen LogP contribution in [0.4, 0.5) is 11.5 Å². The minimum Gasteiger partial charge on any atom is -0.495 e. The molecule has 4 aromatic rings. The molecule has 3 heterocycles. The van der Waals surface area contributed by atoms with Crippen LogP contribution in [0, 0.1) is 5.92 Å². The molecule has 1 amide bonds. The number of rotatable bonds is 7. The number of hydrogen-bond donors (Lipinski definition) is 2. The smallest absolute Gasteiger partial charge is 0.237 e. The van der Waals surface area contributed by atoms with Crippen molar-refractivity contribution in [1.82, 2.24) is 20.1 Å². The summed E-state index contributed by atoms with van der Waals surface area (Å²) in [7, 11) is 1.55. The maximum Gasteiger partial charge on any atom is 0.237 e. The van der Waals surface area contributed by atoms with Gasteiger partial charge in [0.1, 0.15) is 16.4 Å². The van der Waals surface area contributed by atoms with Gasteiger partial charge in [0.15, 0.2) is 11.0 Å². The van der Waals surface area contributed by atoms with Crippen LogP contribution < -0.4 is 15.8 Å². The van der Waals surface area contributed by atoms with Gasteiger partial charge in [-0.25, -0.2) is 9.97 Å². The molecule has 176 valence electrons. The number of aryl methyl sites for hydroxylation is 1. The number of anilines is 2. The standard InChI is InChI=1S/C23H24N6O3S2/c1-12-7-8-13-16(9-12)34-22-20(13)21(24)27-23(28-22)33-11-19-26-17(29-32-19)10-18(30)25-14-5-3-4-6-15(14)31-2/h3-6,12H,7-11H2,1-2H3,(H,25,30)(H2,24,27,28). The number of carbonyl (C=O) groups is 1. The molecule has 0 bridgehead atoms. The summed E-state index contributed by atoms with van der Waals surface area (Å²) in [5.74, 6) is 2.62. The van der Waals surface area contributed by atoms with Gasteiger partial charge < -0.3 is 20.3 Å². The zero-order chi connectivity index (χ0) is 23.7. The molecule has 0 radical (unpaired) electrons. The van der Waals surface area contributed by atoms with Crippen molar-refractivity contribution in [3.05, 3.63) is 46.4 Å². The maximum absolute atomic E-state index is 12.4. The van der Waals surface area contributed by atoms with E-state index in [0.717, 1.165) is 23.1 Å². The van der Waals surface area contributed by atoms with Crippen molar-refractivity contribution >= 4 is 50.7 Å². The van der Waals surface area contributed by atoms with Gasteiger partial charge >= 0.3 is 0 Å². The average Bonchev–Trinajstić information content (AvgIpc) is 3.41. The van der Waals surface area contributed by atoms with Crippen LogP contribution >= 0.6 is 23.1 Å². The second kappa shape index (κ2) is 9.59. The molecule has 1 aliphatic rings. The van der Waals surface area contributed by atoms with Crippen LogP contribution in [0.3, 0.4) is 0 Å². The van der Waals surface area contributed by atoms with E-state index in [4.69, 9.17) is 20.0 Å². The van der Waals surface area contributed by atoms with E-state index in [1.807, 2.05) is 12.1 Å². The van der Waals surface area contributed by atoms with Crippen molar-refractivity contribution in [2.45, 2.75) is 43.5 Å². The molecule has 1 atom stereocenters. The lowest BCUT2D eigenvalue weighted by Crippen LogP contribution is -2.15. The lowest BCUT2D eigenvalue weighted by molar-refractivity contribution is -0.115. The molecule has 0 spiro atoms. The van der Waals surface area contributed by atoms with Crippen LogP contribution in [0.5, 0.6) is 5.75 Å². The first kappa shape index (κ1) is 22.6. The summed E-state index contributed by atoms with van der Waals surface area (Å²) < 4.78 is 10.6. The number of methoxy groups -OCH3 is 1. The van der Waals surface area contributed by atoms with Crippen LogP contribution in [-0.4, -0.2) is 33.1 Å². The summed E-state index contributed by atoms with van der Waals surface area (Å²) in [5.41, 5.74) is 8.22. The Bertz CT molecular complexity index is 1350. The van der Waals surface area contributed by atoms with Gasteiger partial charge in [0, 0.05) is 4.88 Å². The monoisotopic (exact) mass is 496 g/mol. The third-order valence-corrected chi connectivity index (χ3v) is 7.68. The third kappa shape index (κ3) is 4.71. The first-order valence-corrected chi connectivity index (χ1v) is 12.7. The molecule has 5 rings (SSSR count). The molecule has 0 fully saturated rings. The van der Waals surface area contributed by atoms with Crippen molar-refractivity contribution in [1.29, 1.82) is 0 Å². The number of aromatic nitrogens is 4. The fourth-order valence-electron chi connectivity index (χ4n) is 4.05. The number of nitrogens with one attached hydrogen (secondary N) is 1. The van der Waals surface area contributed by atoms with Crippen molar-refractivity contribution in [2.75, 3.05) is 18.2 Å². The highest BCUT2D eigenvalue weighted by atomic mass is 32.2. The molecular weight excluding hydrogens is 472 g/mol. The fourth-order valence-corrected chi connectivity index (χ4v) is 6.18. The number of carbonyl (C=O) groups excluding carboxylic acids is 1. The second-order valence-corrected chi connectivity index (χ2v) is 10.3. The molecule has 11 heteroatoms. The predicted octanol–water partition coefficient (Wildman–Crippen LogP) is 4.26. The molecule has 1 aromatic carbocycles. The lowest BCUT2D eigenvalue weighted by atomic mass is 9.89. The molecule has 1 aliphatic carbocycles.